The van der Waals surface area contributed by atoms with Gasteiger partial charge in [0.1, 0.15) is 22.6 Å². The number of amides is 1. The number of halogens is 2. The molecule has 2 bridgehead atoms. The first-order valence-electron chi connectivity index (χ1n) is 11.1. The van der Waals surface area contributed by atoms with Gasteiger partial charge in [-0.25, -0.2) is 14.2 Å². The van der Waals surface area contributed by atoms with Gasteiger partial charge in [0, 0.05) is 6.54 Å². The molecule has 0 radical (unpaired) electrons. The molecule has 0 spiro atoms. The monoisotopic (exact) mass is 513 g/mol. The Morgan fingerprint density at radius 1 is 1.38 bits per heavy atom. The number of hydrogen-bond acceptors (Lipinski definition) is 8. The molecule has 2 saturated heterocycles. The molecule has 0 saturated carbocycles. The molecule has 4 heterocycles. The molecule has 2 N–H and O–H groups in total. The molecule has 2 aromatic heterocycles. The lowest BCUT2D eigenvalue weighted by Crippen LogP contribution is -2.68. The maximum absolute atomic E-state index is 14.7. The summed E-state index contributed by atoms with van der Waals surface area (Å²) in [5, 5.41) is 3.20. The molecule has 34 heavy (non-hydrogen) atoms. The Bertz CT molecular complexity index is 1190. The summed E-state index contributed by atoms with van der Waals surface area (Å²) in [5.41, 5.74) is -1.76. The van der Waals surface area contributed by atoms with Crippen molar-refractivity contribution in [2.75, 3.05) is 12.8 Å². The zero-order valence-electron chi connectivity index (χ0n) is 20.0. The largest absolute Gasteiger partial charge is 0.472 e. The molecule has 2 fully saturated rings. The van der Waals surface area contributed by atoms with E-state index in [0.29, 0.717) is 6.54 Å². The van der Waals surface area contributed by atoms with Crippen molar-refractivity contribution in [2.24, 2.45) is 0 Å². The number of nitrogens with one attached hydrogen (secondary N) is 2. The number of piperazine rings is 1. The summed E-state index contributed by atoms with van der Waals surface area (Å²) < 4.78 is 26.4. The molecule has 2 aliphatic rings. The van der Waals surface area contributed by atoms with Gasteiger partial charge in [-0.2, -0.15) is 4.98 Å². The number of thioether (sulfide) groups is 1. The van der Waals surface area contributed by atoms with Gasteiger partial charge in [-0.05, 0) is 53.7 Å². The van der Waals surface area contributed by atoms with Gasteiger partial charge in [-0.1, -0.05) is 23.4 Å². The van der Waals surface area contributed by atoms with Crippen molar-refractivity contribution in [3.8, 4) is 5.88 Å². The first-order chi connectivity index (χ1) is 15.8. The summed E-state index contributed by atoms with van der Waals surface area (Å²) in [6.45, 7) is 9.92. The highest BCUT2D eigenvalue weighted by atomic mass is 35.5. The smallest absolute Gasteiger partial charge is 0.411 e. The molecule has 1 amide bonds. The molecular weight excluding hydrogens is 485 g/mol. The van der Waals surface area contributed by atoms with Crippen LogP contribution in [-0.2, 0) is 4.74 Å². The fraction of sp³-hybridized carbons (Fsp3) is 0.636. The molecule has 4 atom stereocenters. The zero-order valence-corrected chi connectivity index (χ0v) is 21.6. The minimum Gasteiger partial charge on any atom is -0.472 e. The zero-order chi connectivity index (χ0) is 25.0. The number of rotatable bonds is 4. The van der Waals surface area contributed by atoms with Gasteiger partial charge < -0.3 is 19.8 Å². The Labute approximate surface area is 206 Å². The van der Waals surface area contributed by atoms with Gasteiger partial charge in [0.15, 0.2) is 16.1 Å². The summed E-state index contributed by atoms with van der Waals surface area (Å²) >= 11 is 7.18. The lowest BCUT2D eigenvalue weighted by atomic mass is 9.96. The van der Waals surface area contributed by atoms with Gasteiger partial charge in [-0.3, -0.25) is 9.69 Å². The quantitative estimate of drug-likeness (QED) is 0.361. The number of nitrogens with zero attached hydrogens (tertiary/aromatic N) is 3. The van der Waals surface area contributed by atoms with Gasteiger partial charge in [0.2, 0.25) is 5.88 Å². The fourth-order valence-corrected chi connectivity index (χ4v) is 5.32. The van der Waals surface area contributed by atoms with E-state index in [9.17, 15) is 14.0 Å². The van der Waals surface area contributed by atoms with Crippen molar-refractivity contribution < 1.29 is 18.7 Å². The highest BCUT2D eigenvalue weighted by molar-refractivity contribution is 7.98. The SMILES string of the molecule is CSc1nc2c(F)c(Cl)nc(O[C@@H](C)[C@H]3NC[C@@]4(C)CC[C@@H]3N4C(=O)OC(C)(C)C)c2c(=O)[nH]1. The van der Waals surface area contributed by atoms with Crippen molar-refractivity contribution in [1.29, 1.82) is 0 Å². The molecule has 0 unspecified atom stereocenters. The minimum atomic E-state index is -0.878. The topological polar surface area (TPSA) is 109 Å². The number of carbonyl (C=O) groups excluding carboxylic acids is 1. The van der Waals surface area contributed by atoms with Crippen molar-refractivity contribution in [3.63, 3.8) is 0 Å². The number of carbonyl (C=O) groups is 1. The summed E-state index contributed by atoms with van der Waals surface area (Å²) in [4.78, 5) is 38.4. The molecule has 4 rings (SSSR count). The highest BCUT2D eigenvalue weighted by Crippen LogP contribution is 2.40. The van der Waals surface area contributed by atoms with Crippen LogP contribution < -0.4 is 15.6 Å². The second-order valence-corrected chi connectivity index (χ2v) is 11.2. The van der Waals surface area contributed by atoms with Crippen LogP contribution in [-0.4, -0.2) is 68.1 Å². The van der Waals surface area contributed by atoms with E-state index in [0.717, 1.165) is 12.8 Å². The average Bonchev–Trinajstić information content (AvgIpc) is 2.97. The van der Waals surface area contributed by atoms with E-state index >= 15 is 0 Å². The number of ether oxygens (including phenoxy) is 2. The number of aromatic amines is 1. The van der Waals surface area contributed by atoms with Crippen molar-refractivity contribution in [1.82, 2.24) is 25.2 Å². The van der Waals surface area contributed by atoms with Crippen LogP contribution in [0.15, 0.2) is 9.95 Å². The van der Waals surface area contributed by atoms with Crippen LogP contribution in [0.2, 0.25) is 5.15 Å². The van der Waals surface area contributed by atoms with Crippen LogP contribution in [0.25, 0.3) is 10.9 Å². The number of H-pyrrole nitrogens is 1. The lowest BCUT2D eigenvalue weighted by Gasteiger charge is -2.47. The average molecular weight is 514 g/mol. The molecular formula is C22H29ClFN5O4S. The normalized spacial score (nSPS) is 25.5. The third-order valence-corrected chi connectivity index (χ3v) is 7.14. The Hall–Kier alpha value is -2.11. The second kappa shape index (κ2) is 8.83. The minimum absolute atomic E-state index is 0.104. The van der Waals surface area contributed by atoms with Gasteiger partial charge >= 0.3 is 6.09 Å². The molecule has 0 aromatic carbocycles. The number of hydrogen-bond donors (Lipinski definition) is 2. The van der Waals surface area contributed by atoms with E-state index in [1.54, 1.807) is 6.26 Å². The van der Waals surface area contributed by atoms with E-state index in [-0.39, 0.29) is 45.7 Å². The van der Waals surface area contributed by atoms with E-state index in [4.69, 9.17) is 21.1 Å². The Kier molecular flexibility index (Phi) is 6.50. The number of aromatic nitrogens is 3. The highest BCUT2D eigenvalue weighted by Gasteiger charge is 2.54. The lowest BCUT2D eigenvalue weighted by molar-refractivity contribution is -0.0243. The van der Waals surface area contributed by atoms with Crippen LogP contribution in [0, 0.1) is 5.82 Å². The second-order valence-electron chi connectivity index (χ2n) is 10.0. The standard InChI is InChI=1S/C22H29ClFN5O4S/c1-10(14-11-7-8-22(5,9-25-14)29(11)20(31)33-21(2,3)4)32-18-12-15(13(24)16(23)27-18)26-19(34-6)28-17(12)30/h10-11,14,25H,7-9H2,1-6H3,(H,26,28,30)/t10-,11-,14+,22+/m0/s1. The molecule has 2 aliphatic heterocycles. The summed E-state index contributed by atoms with van der Waals surface area (Å²) in [5.74, 6) is -0.983. The van der Waals surface area contributed by atoms with E-state index in [2.05, 4.69) is 20.3 Å². The molecule has 12 heteroatoms. The maximum atomic E-state index is 14.7. The molecule has 0 aliphatic carbocycles. The van der Waals surface area contributed by atoms with E-state index in [1.807, 2.05) is 39.5 Å². The van der Waals surface area contributed by atoms with Crippen molar-refractivity contribution >= 4 is 40.4 Å². The molecule has 186 valence electrons. The maximum Gasteiger partial charge on any atom is 0.411 e. The summed E-state index contributed by atoms with van der Waals surface area (Å²) in [6, 6.07) is -0.466. The van der Waals surface area contributed by atoms with Crippen molar-refractivity contribution in [3.05, 3.63) is 21.3 Å². The van der Waals surface area contributed by atoms with Gasteiger partial charge in [-0.15, -0.1) is 0 Å². The number of fused-ring (bicyclic) bond motifs is 3. The predicted molar refractivity (Wildman–Crippen MR) is 128 cm³/mol. The van der Waals surface area contributed by atoms with Crippen LogP contribution in [0.4, 0.5) is 9.18 Å². The van der Waals surface area contributed by atoms with Crippen LogP contribution in [0.5, 0.6) is 5.88 Å². The third-order valence-electron chi connectivity index (χ3n) is 6.31. The van der Waals surface area contributed by atoms with Gasteiger partial charge in [0.25, 0.3) is 5.56 Å². The third kappa shape index (κ3) is 4.45. The summed E-state index contributed by atoms with van der Waals surface area (Å²) in [6.07, 6.45) is 2.39. The predicted octanol–water partition coefficient (Wildman–Crippen LogP) is 3.73. The van der Waals surface area contributed by atoms with Crippen LogP contribution in [0.1, 0.15) is 47.5 Å². The first kappa shape index (κ1) is 25.0. The molecule has 9 nitrogen and oxygen atoms in total. The van der Waals surface area contributed by atoms with Gasteiger partial charge in [0.05, 0.1) is 17.6 Å². The number of pyridine rings is 1. The molecule has 2 aromatic rings. The van der Waals surface area contributed by atoms with Crippen LogP contribution in [0.3, 0.4) is 0 Å². The Morgan fingerprint density at radius 2 is 2.09 bits per heavy atom. The summed E-state index contributed by atoms with van der Waals surface area (Å²) in [7, 11) is 0. The van der Waals surface area contributed by atoms with Crippen LogP contribution >= 0.6 is 23.4 Å². The van der Waals surface area contributed by atoms with E-state index < -0.39 is 28.2 Å². The Balaban J connectivity index is 1.66. The Morgan fingerprint density at radius 3 is 2.74 bits per heavy atom. The van der Waals surface area contributed by atoms with Crippen molar-refractivity contribution in [2.45, 2.75) is 81.9 Å². The first-order valence-corrected chi connectivity index (χ1v) is 12.7. The van der Waals surface area contributed by atoms with E-state index in [1.165, 1.54) is 11.8 Å². The fourth-order valence-electron chi connectivity index (χ4n) is 4.77.